The summed E-state index contributed by atoms with van der Waals surface area (Å²) in [6.07, 6.45) is 6.22. The summed E-state index contributed by atoms with van der Waals surface area (Å²) in [5, 5.41) is 7.47. The molecule has 1 amide bonds. The zero-order valence-corrected chi connectivity index (χ0v) is 19.1. The highest BCUT2D eigenvalue weighted by Gasteiger charge is 2.43. The van der Waals surface area contributed by atoms with Gasteiger partial charge in [-0.25, -0.2) is 4.79 Å². The average Bonchev–Trinajstić information content (AvgIpc) is 3.36. The minimum atomic E-state index is -0.831. The summed E-state index contributed by atoms with van der Waals surface area (Å²) in [5.41, 5.74) is 1.55. The van der Waals surface area contributed by atoms with E-state index >= 15 is 0 Å². The van der Waals surface area contributed by atoms with Crippen LogP contribution in [0.3, 0.4) is 0 Å². The van der Waals surface area contributed by atoms with Gasteiger partial charge in [0.1, 0.15) is 17.3 Å². The molecule has 1 aliphatic heterocycles. The molecule has 0 aliphatic carbocycles. The van der Waals surface area contributed by atoms with E-state index in [0.29, 0.717) is 23.5 Å². The molecule has 1 N–H and O–H groups in total. The number of aryl methyl sites for hydroxylation is 2. The summed E-state index contributed by atoms with van der Waals surface area (Å²) in [5.74, 6) is -0.436. The van der Waals surface area contributed by atoms with Crippen LogP contribution in [-0.2, 0) is 22.5 Å². The number of carbonyl (C=O) groups excluding carboxylic acids is 2. The van der Waals surface area contributed by atoms with Crippen molar-refractivity contribution < 1.29 is 14.3 Å². The summed E-state index contributed by atoms with van der Waals surface area (Å²) in [6, 6.07) is 1.77. The second kappa shape index (κ2) is 8.99. The van der Waals surface area contributed by atoms with Gasteiger partial charge in [-0.1, -0.05) is 27.7 Å². The molecule has 0 fully saturated rings. The van der Waals surface area contributed by atoms with E-state index in [1.165, 1.54) is 0 Å². The Bertz CT molecular complexity index is 1010. The van der Waals surface area contributed by atoms with Crippen molar-refractivity contribution in [2.75, 3.05) is 0 Å². The number of amides is 1. The van der Waals surface area contributed by atoms with Crippen LogP contribution in [0.4, 0.5) is 0 Å². The zero-order chi connectivity index (χ0) is 22.8. The van der Waals surface area contributed by atoms with Crippen LogP contribution in [0.5, 0.6) is 0 Å². The van der Waals surface area contributed by atoms with Gasteiger partial charge in [0, 0.05) is 24.5 Å². The highest BCUT2D eigenvalue weighted by molar-refractivity contribution is 6.16. The molecule has 3 rings (SSSR count). The van der Waals surface area contributed by atoms with Crippen molar-refractivity contribution in [3.8, 4) is 0 Å². The Morgan fingerprint density at radius 2 is 2.00 bits per heavy atom. The fraction of sp³-hybridized carbons (Fsp3) is 0.522. The highest BCUT2D eigenvalue weighted by Crippen LogP contribution is 2.27. The van der Waals surface area contributed by atoms with E-state index in [2.05, 4.69) is 20.4 Å². The summed E-state index contributed by atoms with van der Waals surface area (Å²) in [4.78, 5) is 34.5. The van der Waals surface area contributed by atoms with Crippen LogP contribution in [-0.4, -0.2) is 38.0 Å². The molecule has 2 atom stereocenters. The van der Waals surface area contributed by atoms with E-state index < -0.39 is 17.6 Å². The van der Waals surface area contributed by atoms with Crippen molar-refractivity contribution in [3.63, 3.8) is 0 Å². The quantitative estimate of drug-likeness (QED) is 0.651. The molecule has 2 unspecified atom stereocenters. The van der Waals surface area contributed by atoms with E-state index in [0.717, 1.165) is 24.1 Å². The van der Waals surface area contributed by atoms with Gasteiger partial charge in [0.05, 0.1) is 11.8 Å². The van der Waals surface area contributed by atoms with Gasteiger partial charge >= 0.3 is 5.97 Å². The molecule has 0 radical (unpaired) electrons. The fourth-order valence-electron chi connectivity index (χ4n) is 3.39. The summed E-state index contributed by atoms with van der Waals surface area (Å²) in [6.45, 7) is 12.4. The predicted octanol–water partition coefficient (Wildman–Crippen LogP) is 3.46. The van der Waals surface area contributed by atoms with Crippen LogP contribution in [0, 0.1) is 5.92 Å². The molecule has 0 saturated heterocycles. The first-order valence-corrected chi connectivity index (χ1v) is 10.9. The number of esters is 1. The first-order valence-electron chi connectivity index (χ1n) is 10.9. The van der Waals surface area contributed by atoms with E-state index in [9.17, 15) is 9.59 Å². The SMILES string of the molecule is CCc1cnc(C2=NC(=O)C(C)(C(C)C)N2)c(C(=O)OC(CC)c2cnn(CC)c2)c1. The molecule has 2 aromatic heterocycles. The number of aromatic nitrogens is 3. The molecular formula is C23H31N5O3. The number of pyridine rings is 1. The molecule has 8 heteroatoms. The third-order valence-corrected chi connectivity index (χ3v) is 5.96. The Kier molecular flexibility index (Phi) is 6.57. The zero-order valence-electron chi connectivity index (χ0n) is 19.1. The van der Waals surface area contributed by atoms with E-state index in [-0.39, 0.29) is 11.8 Å². The lowest BCUT2D eigenvalue weighted by molar-refractivity contribution is -0.123. The van der Waals surface area contributed by atoms with Crippen LogP contribution in [0.25, 0.3) is 0 Å². The van der Waals surface area contributed by atoms with Crippen LogP contribution >= 0.6 is 0 Å². The van der Waals surface area contributed by atoms with Crippen molar-refractivity contribution in [2.45, 2.75) is 72.6 Å². The third-order valence-electron chi connectivity index (χ3n) is 5.96. The summed E-state index contributed by atoms with van der Waals surface area (Å²) in [7, 11) is 0. The van der Waals surface area contributed by atoms with Crippen LogP contribution in [0.1, 0.15) is 81.2 Å². The number of carbonyl (C=O) groups is 2. The normalized spacial score (nSPS) is 19.3. The third kappa shape index (κ3) is 4.38. The van der Waals surface area contributed by atoms with Gasteiger partial charge in [0.25, 0.3) is 5.91 Å². The standard InChI is InChI=1S/C23H31N5O3/c1-7-15-10-17(21(29)31-18(8-2)16-12-25-28(9-3)13-16)19(24-11-15)20-26-22(30)23(6,27-20)14(4)5/h10-14,18H,7-9H2,1-6H3,(H,26,27,30). The van der Waals surface area contributed by atoms with Crippen molar-refractivity contribution in [3.05, 3.63) is 47.0 Å². The van der Waals surface area contributed by atoms with E-state index in [1.807, 2.05) is 47.7 Å². The number of nitrogens with one attached hydrogen (secondary N) is 1. The second-order valence-electron chi connectivity index (χ2n) is 8.27. The summed E-state index contributed by atoms with van der Waals surface area (Å²) < 4.78 is 7.65. The maximum Gasteiger partial charge on any atom is 0.341 e. The Morgan fingerprint density at radius 1 is 1.26 bits per heavy atom. The van der Waals surface area contributed by atoms with Crippen molar-refractivity contribution in [1.29, 1.82) is 0 Å². The lowest BCUT2D eigenvalue weighted by atomic mass is 9.88. The van der Waals surface area contributed by atoms with Gasteiger partial charge in [-0.15, -0.1) is 0 Å². The van der Waals surface area contributed by atoms with Gasteiger partial charge < -0.3 is 10.1 Å². The lowest BCUT2D eigenvalue weighted by Gasteiger charge is -2.27. The first kappa shape index (κ1) is 22.7. The molecule has 3 heterocycles. The van der Waals surface area contributed by atoms with Gasteiger partial charge in [-0.3, -0.25) is 14.5 Å². The monoisotopic (exact) mass is 425 g/mol. The molecule has 1 aliphatic rings. The number of ether oxygens (including phenoxy) is 1. The Morgan fingerprint density at radius 3 is 2.55 bits per heavy atom. The molecule has 0 saturated carbocycles. The Labute approximate surface area is 183 Å². The largest absolute Gasteiger partial charge is 0.454 e. The van der Waals surface area contributed by atoms with Crippen LogP contribution < -0.4 is 5.32 Å². The Hall–Kier alpha value is -3.03. The van der Waals surface area contributed by atoms with Crippen LogP contribution in [0.15, 0.2) is 29.6 Å². The second-order valence-corrected chi connectivity index (χ2v) is 8.27. The number of aliphatic imine (C=N–C) groups is 1. The number of rotatable bonds is 8. The van der Waals surface area contributed by atoms with E-state index in [1.54, 1.807) is 23.1 Å². The molecule has 0 spiro atoms. The fourth-order valence-corrected chi connectivity index (χ4v) is 3.39. The maximum atomic E-state index is 13.2. The Balaban J connectivity index is 1.94. The molecule has 0 aromatic carbocycles. The first-order chi connectivity index (χ1) is 14.7. The maximum absolute atomic E-state index is 13.2. The van der Waals surface area contributed by atoms with Gasteiger partial charge in [0.15, 0.2) is 5.84 Å². The van der Waals surface area contributed by atoms with Gasteiger partial charge in [-0.2, -0.15) is 10.1 Å². The minimum absolute atomic E-state index is 0.0196. The number of amidine groups is 1. The molecule has 8 nitrogen and oxygen atoms in total. The number of nitrogens with zero attached hydrogens (tertiary/aromatic N) is 4. The average molecular weight is 426 g/mol. The topological polar surface area (TPSA) is 98.5 Å². The minimum Gasteiger partial charge on any atom is -0.454 e. The van der Waals surface area contributed by atoms with Crippen LogP contribution in [0.2, 0.25) is 0 Å². The van der Waals surface area contributed by atoms with Gasteiger partial charge in [0.2, 0.25) is 0 Å². The number of hydrogen-bond donors (Lipinski definition) is 1. The molecule has 0 bridgehead atoms. The molecular weight excluding hydrogens is 394 g/mol. The smallest absolute Gasteiger partial charge is 0.341 e. The van der Waals surface area contributed by atoms with Crippen molar-refractivity contribution >= 4 is 17.7 Å². The molecule has 31 heavy (non-hydrogen) atoms. The summed E-state index contributed by atoms with van der Waals surface area (Å²) >= 11 is 0. The van der Waals surface area contributed by atoms with Crippen molar-refractivity contribution in [1.82, 2.24) is 20.1 Å². The van der Waals surface area contributed by atoms with Gasteiger partial charge in [-0.05, 0) is 44.2 Å². The van der Waals surface area contributed by atoms with Crippen molar-refractivity contribution in [2.24, 2.45) is 10.9 Å². The molecule has 2 aromatic rings. The molecule has 166 valence electrons. The lowest BCUT2D eigenvalue weighted by Crippen LogP contribution is -2.50. The highest BCUT2D eigenvalue weighted by atomic mass is 16.5. The number of hydrogen-bond acceptors (Lipinski definition) is 6. The predicted molar refractivity (Wildman–Crippen MR) is 118 cm³/mol. The van der Waals surface area contributed by atoms with E-state index in [4.69, 9.17) is 4.74 Å².